The van der Waals surface area contributed by atoms with E-state index in [1.165, 1.54) is 0 Å². The first kappa shape index (κ1) is 15.1. The van der Waals surface area contributed by atoms with Gasteiger partial charge in [0.05, 0.1) is 5.41 Å². The molecule has 0 saturated carbocycles. The van der Waals surface area contributed by atoms with Gasteiger partial charge in [0.15, 0.2) is 5.57 Å². The Morgan fingerprint density at radius 1 is 1.18 bits per heavy atom. The lowest BCUT2D eigenvalue weighted by molar-refractivity contribution is -0.121. The van der Waals surface area contributed by atoms with Gasteiger partial charge in [0.25, 0.3) is 0 Å². The second-order valence-electron chi connectivity index (χ2n) is 5.43. The number of nitriles is 3. The van der Waals surface area contributed by atoms with Gasteiger partial charge in [-0.25, -0.2) is 0 Å². The predicted octanol–water partition coefficient (Wildman–Crippen LogP) is 2.18. The van der Waals surface area contributed by atoms with Crippen molar-refractivity contribution in [1.82, 2.24) is 0 Å². The number of carbonyl (C=O) groups is 1. The van der Waals surface area contributed by atoms with Gasteiger partial charge in [-0.3, -0.25) is 4.79 Å². The summed E-state index contributed by atoms with van der Waals surface area (Å²) >= 11 is 0. The van der Waals surface area contributed by atoms with Crippen LogP contribution in [0.25, 0.3) is 0 Å². The maximum atomic E-state index is 12.2. The summed E-state index contributed by atoms with van der Waals surface area (Å²) in [6, 6.07) is 10.4. The summed E-state index contributed by atoms with van der Waals surface area (Å²) in [6.07, 6.45) is 0. The average molecular weight is 291 g/mol. The number of hydrogen-bond acceptors (Lipinski definition) is 5. The number of amides is 1. The number of rotatable bonds is 2. The molecule has 6 nitrogen and oxygen atoms in total. The second-order valence-corrected chi connectivity index (χ2v) is 5.43. The summed E-state index contributed by atoms with van der Waals surface area (Å²) < 4.78 is 0. The highest BCUT2D eigenvalue weighted by Crippen LogP contribution is 2.42. The van der Waals surface area contributed by atoms with Gasteiger partial charge in [0.1, 0.15) is 23.9 Å². The van der Waals surface area contributed by atoms with Gasteiger partial charge in [-0.05, 0) is 37.6 Å². The standard InChI is InChI=1S/C16H13N5O/c1-16(2)12-6-11(4-5-14(12)21(3)15(16)22)20-13(9-19)10(7-17)8-18/h4-6,20H,1-3H3. The maximum Gasteiger partial charge on any atom is 0.236 e. The van der Waals surface area contributed by atoms with Gasteiger partial charge in [-0.1, -0.05) is 0 Å². The minimum atomic E-state index is -0.661. The van der Waals surface area contributed by atoms with Crippen LogP contribution in [-0.4, -0.2) is 13.0 Å². The van der Waals surface area contributed by atoms with Crippen LogP contribution in [-0.2, 0) is 10.2 Å². The fraction of sp³-hybridized carbons (Fsp3) is 0.250. The van der Waals surface area contributed by atoms with Crippen LogP contribution in [0.3, 0.4) is 0 Å². The number of hydrogen-bond donors (Lipinski definition) is 1. The summed E-state index contributed by atoms with van der Waals surface area (Å²) in [6.45, 7) is 3.66. The van der Waals surface area contributed by atoms with Gasteiger partial charge >= 0.3 is 0 Å². The van der Waals surface area contributed by atoms with Crippen molar-refractivity contribution in [1.29, 1.82) is 15.8 Å². The molecule has 0 aliphatic carbocycles. The molecule has 0 bridgehead atoms. The quantitative estimate of drug-likeness (QED) is 0.841. The van der Waals surface area contributed by atoms with Crippen molar-refractivity contribution in [2.75, 3.05) is 17.3 Å². The normalized spacial score (nSPS) is 14.4. The van der Waals surface area contributed by atoms with Crippen molar-refractivity contribution in [2.24, 2.45) is 0 Å². The van der Waals surface area contributed by atoms with Gasteiger partial charge in [-0.2, -0.15) is 15.8 Å². The molecule has 1 aliphatic heterocycles. The third-order valence-electron chi connectivity index (χ3n) is 3.73. The number of anilines is 2. The predicted molar refractivity (Wildman–Crippen MR) is 80.4 cm³/mol. The Hall–Kier alpha value is -3.30. The number of nitrogens with zero attached hydrogens (tertiary/aromatic N) is 4. The van der Waals surface area contributed by atoms with E-state index < -0.39 is 5.41 Å². The van der Waals surface area contributed by atoms with Crippen molar-refractivity contribution in [3.05, 3.63) is 35.0 Å². The lowest BCUT2D eigenvalue weighted by atomic mass is 9.86. The zero-order valence-corrected chi connectivity index (χ0v) is 12.4. The minimum absolute atomic E-state index is 0.00885. The van der Waals surface area contributed by atoms with Crippen molar-refractivity contribution < 1.29 is 4.79 Å². The van der Waals surface area contributed by atoms with E-state index in [0.29, 0.717) is 5.69 Å². The van der Waals surface area contributed by atoms with Gasteiger partial charge in [-0.15, -0.1) is 0 Å². The number of nitrogens with one attached hydrogen (secondary N) is 1. The molecule has 22 heavy (non-hydrogen) atoms. The largest absolute Gasteiger partial charge is 0.345 e. The molecule has 0 unspecified atom stereocenters. The molecule has 1 heterocycles. The van der Waals surface area contributed by atoms with E-state index in [4.69, 9.17) is 15.8 Å². The van der Waals surface area contributed by atoms with Gasteiger partial charge < -0.3 is 10.2 Å². The van der Waals surface area contributed by atoms with E-state index in [1.54, 1.807) is 48.4 Å². The molecule has 0 aromatic heterocycles. The first-order valence-corrected chi connectivity index (χ1v) is 6.51. The fourth-order valence-corrected chi connectivity index (χ4v) is 2.48. The van der Waals surface area contributed by atoms with Crippen LogP contribution in [0.4, 0.5) is 11.4 Å². The summed E-state index contributed by atoms with van der Waals surface area (Å²) in [4.78, 5) is 13.8. The number of carbonyl (C=O) groups excluding carboxylic acids is 1. The fourth-order valence-electron chi connectivity index (χ4n) is 2.48. The third-order valence-corrected chi connectivity index (χ3v) is 3.73. The van der Waals surface area contributed by atoms with E-state index >= 15 is 0 Å². The molecule has 0 radical (unpaired) electrons. The summed E-state index contributed by atoms with van der Waals surface area (Å²) in [5.74, 6) is -0.00885. The van der Waals surface area contributed by atoms with Crippen LogP contribution in [0.1, 0.15) is 19.4 Å². The molecule has 108 valence electrons. The van der Waals surface area contributed by atoms with E-state index in [1.807, 2.05) is 13.8 Å². The molecule has 1 amide bonds. The average Bonchev–Trinajstić information content (AvgIpc) is 2.68. The molecule has 6 heteroatoms. The molecule has 1 aromatic rings. The highest BCUT2D eigenvalue weighted by atomic mass is 16.2. The monoisotopic (exact) mass is 291 g/mol. The van der Waals surface area contributed by atoms with Crippen molar-refractivity contribution in [3.63, 3.8) is 0 Å². The van der Waals surface area contributed by atoms with Crippen LogP contribution in [0.5, 0.6) is 0 Å². The number of fused-ring (bicyclic) bond motifs is 1. The Morgan fingerprint density at radius 3 is 2.36 bits per heavy atom. The van der Waals surface area contributed by atoms with Crippen LogP contribution < -0.4 is 10.2 Å². The maximum absolute atomic E-state index is 12.2. The molecule has 0 saturated heterocycles. The minimum Gasteiger partial charge on any atom is -0.345 e. The molecule has 0 atom stereocenters. The molecular formula is C16H13N5O. The summed E-state index contributed by atoms with van der Waals surface area (Å²) in [5, 5.41) is 29.5. The van der Waals surface area contributed by atoms with E-state index in [-0.39, 0.29) is 17.2 Å². The smallest absolute Gasteiger partial charge is 0.236 e. The number of allylic oxidation sites excluding steroid dienone is 2. The van der Waals surface area contributed by atoms with Crippen molar-refractivity contribution in [2.45, 2.75) is 19.3 Å². The van der Waals surface area contributed by atoms with E-state index in [0.717, 1.165) is 11.3 Å². The van der Waals surface area contributed by atoms with Gasteiger partial charge in [0, 0.05) is 18.4 Å². The van der Waals surface area contributed by atoms with E-state index in [9.17, 15) is 4.79 Å². The Balaban J connectivity index is 2.48. The number of benzene rings is 1. The molecule has 0 fully saturated rings. The molecular weight excluding hydrogens is 278 g/mol. The zero-order valence-electron chi connectivity index (χ0n) is 12.4. The number of likely N-dealkylation sites (N-methyl/N-ethyl adjacent to an activating group) is 1. The lowest BCUT2D eigenvalue weighted by Crippen LogP contribution is -2.33. The SMILES string of the molecule is CN1C(=O)C(C)(C)c2cc(NC(C#N)=C(C#N)C#N)ccc21. The van der Waals surface area contributed by atoms with Crippen LogP contribution in [0.2, 0.25) is 0 Å². The molecule has 0 spiro atoms. The molecule has 1 aliphatic rings. The summed E-state index contributed by atoms with van der Waals surface area (Å²) in [7, 11) is 1.72. The first-order valence-electron chi connectivity index (χ1n) is 6.51. The Morgan fingerprint density at radius 2 is 1.82 bits per heavy atom. The third kappa shape index (κ3) is 2.16. The Kier molecular flexibility index (Phi) is 3.59. The second kappa shape index (κ2) is 5.24. The molecule has 1 aromatic carbocycles. The topological polar surface area (TPSA) is 104 Å². The lowest BCUT2D eigenvalue weighted by Gasteiger charge is -2.16. The van der Waals surface area contributed by atoms with E-state index in [2.05, 4.69) is 5.32 Å². The van der Waals surface area contributed by atoms with Crippen molar-refractivity contribution >= 4 is 17.3 Å². The van der Waals surface area contributed by atoms with Crippen LogP contribution in [0, 0.1) is 34.0 Å². The summed E-state index contributed by atoms with van der Waals surface area (Å²) in [5.41, 5.74) is 1.14. The zero-order chi connectivity index (χ0) is 16.5. The van der Waals surface area contributed by atoms with Crippen molar-refractivity contribution in [3.8, 4) is 18.2 Å². The van der Waals surface area contributed by atoms with Crippen LogP contribution >= 0.6 is 0 Å². The molecule has 2 rings (SSSR count). The van der Waals surface area contributed by atoms with Gasteiger partial charge in [0.2, 0.25) is 5.91 Å². The first-order chi connectivity index (χ1) is 10.4. The molecule has 1 N–H and O–H groups in total. The Bertz CT molecular complexity index is 798. The Labute approximate surface area is 128 Å². The highest BCUT2D eigenvalue weighted by molar-refractivity contribution is 6.07. The highest BCUT2D eigenvalue weighted by Gasteiger charge is 2.42. The van der Waals surface area contributed by atoms with Crippen LogP contribution in [0.15, 0.2) is 29.5 Å².